The van der Waals surface area contributed by atoms with E-state index in [1.807, 2.05) is 6.92 Å². The van der Waals surface area contributed by atoms with Crippen LogP contribution in [-0.4, -0.2) is 64.7 Å². The molecule has 0 aliphatic rings. The Labute approximate surface area is 146 Å². The van der Waals surface area contributed by atoms with E-state index in [-0.39, 0.29) is 12.5 Å². The molecule has 7 N–H and O–H groups in total. The Hall–Kier alpha value is -2.20. The molecule has 25 heavy (non-hydrogen) atoms. The molecule has 10 nitrogen and oxygen atoms in total. The van der Waals surface area contributed by atoms with Crippen LogP contribution in [0.25, 0.3) is 0 Å². The van der Waals surface area contributed by atoms with Gasteiger partial charge in [0.1, 0.15) is 12.1 Å². The van der Waals surface area contributed by atoms with Crippen LogP contribution in [0.1, 0.15) is 34.1 Å². The third kappa shape index (κ3) is 7.48. The number of carbonyl (C=O) groups excluding carboxylic acids is 3. The first-order chi connectivity index (χ1) is 11.5. The first-order valence-corrected chi connectivity index (χ1v) is 8.06. The van der Waals surface area contributed by atoms with Gasteiger partial charge in [0.05, 0.1) is 12.6 Å². The van der Waals surface area contributed by atoms with Crippen LogP contribution in [0, 0.1) is 5.92 Å². The quantitative estimate of drug-likeness (QED) is 0.260. The highest BCUT2D eigenvalue weighted by Crippen LogP contribution is 2.08. The van der Waals surface area contributed by atoms with E-state index in [9.17, 15) is 24.3 Å². The van der Waals surface area contributed by atoms with E-state index in [1.165, 1.54) is 13.8 Å². The zero-order valence-corrected chi connectivity index (χ0v) is 14.9. The minimum absolute atomic E-state index is 0.199. The number of rotatable bonds is 10. The van der Waals surface area contributed by atoms with Crippen molar-refractivity contribution < 1.29 is 29.4 Å². The summed E-state index contributed by atoms with van der Waals surface area (Å²) in [6.07, 6.45) is -0.701. The maximum atomic E-state index is 12.4. The van der Waals surface area contributed by atoms with Crippen LogP contribution in [0.2, 0.25) is 0 Å². The molecule has 5 unspecified atom stereocenters. The summed E-state index contributed by atoms with van der Waals surface area (Å²) >= 11 is 0. The van der Waals surface area contributed by atoms with E-state index >= 15 is 0 Å². The van der Waals surface area contributed by atoms with Gasteiger partial charge in [-0.05, 0) is 19.8 Å². The van der Waals surface area contributed by atoms with Crippen LogP contribution in [0.3, 0.4) is 0 Å². The molecule has 10 heteroatoms. The van der Waals surface area contributed by atoms with Crippen LogP contribution < -0.4 is 21.7 Å². The van der Waals surface area contributed by atoms with Crippen molar-refractivity contribution in [3.63, 3.8) is 0 Å². The van der Waals surface area contributed by atoms with Crippen molar-refractivity contribution in [2.45, 2.75) is 58.3 Å². The maximum absolute atomic E-state index is 12.4. The zero-order chi connectivity index (χ0) is 19.7. The van der Waals surface area contributed by atoms with Crippen molar-refractivity contribution in [2.24, 2.45) is 11.7 Å². The molecule has 3 amide bonds. The summed E-state index contributed by atoms with van der Waals surface area (Å²) in [5.41, 5.74) is 5.24. The second kappa shape index (κ2) is 10.6. The normalized spacial score (nSPS) is 16.7. The number of amides is 3. The van der Waals surface area contributed by atoms with Gasteiger partial charge in [0, 0.05) is 0 Å². The number of hydrogen-bond acceptors (Lipinski definition) is 6. The Morgan fingerprint density at radius 2 is 1.52 bits per heavy atom. The van der Waals surface area contributed by atoms with Gasteiger partial charge in [-0.1, -0.05) is 20.3 Å². The second-order valence-electron chi connectivity index (χ2n) is 5.93. The number of carboxylic acids is 1. The van der Waals surface area contributed by atoms with Crippen molar-refractivity contribution in [1.29, 1.82) is 0 Å². The average molecular weight is 360 g/mol. The Bertz CT molecular complexity index is 496. The molecular weight excluding hydrogens is 332 g/mol. The topological polar surface area (TPSA) is 171 Å². The molecule has 0 aromatic carbocycles. The Balaban J connectivity index is 4.95. The highest BCUT2D eigenvalue weighted by Gasteiger charge is 2.30. The lowest BCUT2D eigenvalue weighted by Gasteiger charge is -2.26. The average Bonchev–Trinajstić information content (AvgIpc) is 2.55. The van der Waals surface area contributed by atoms with Gasteiger partial charge >= 0.3 is 5.97 Å². The molecule has 0 aliphatic heterocycles. The molecule has 0 spiro atoms. The summed E-state index contributed by atoms with van der Waals surface area (Å²) in [5, 5.41) is 25.4. The lowest BCUT2D eigenvalue weighted by Crippen LogP contribution is -2.57. The van der Waals surface area contributed by atoms with Gasteiger partial charge in [-0.3, -0.25) is 14.4 Å². The van der Waals surface area contributed by atoms with Crippen LogP contribution in [0.15, 0.2) is 0 Å². The third-order valence-corrected chi connectivity index (χ3v) is 3.80. The van der Waals surface area contributed by atoms with Crippen molar-refractivity contribution in [2.75, 3.05) is 6.54 Å². The monoisotopic (exact) mass is 360 g/mol. The van der Waals surface area contributed by atoms with Gasteiger partial charge in [0.15, 0.2) is 6.04 Å². The summed E-state index contributed by atoms with van der Waals surface area (Å²) in [4.78, 5) is 46.8. The number of nitrogens with two attached hydrogens (primary N) is 1. The Kier molecular flexibility index (Phi) is 9.69. The van der Waals surface area contributed by atoms with Gasteiger partial charge in [-0.15, -0.1) is 0 Å². The minimum atomic E-state index is -1.49. The predicted molar refractivity (Wildman–Crippen MR) is 89.3 cm³/mol. The number of aliphatic hydroxyl groups is 1. The first kappa shape index (κ1) is 22.8. The van der Waals surface area contributed by atoms with E-state index in [2.05, 4.69) is 16.0 Å². The lowest BCUT2D eigenvalue weighted by molar-refractivity contribution is -0.145. The summed E-state index contributed by atoms with van der Waals surface area (Å²) in [6, 6.07) is -3.42. The predicted octanol–water partition coefficient (Wildman–Crippen LogP) is -2.07. The van der Waals surface area contributed by atoms with Gasteiger partial charge in [0.2, 0.25) is 17.7 Å². The Morgan fingerprint density at radius 3 is 1.92 bits per heavy atom. The number of hydrogen-bond donors (Lipinski definition) is 6. The van der Waals surface area contributed by atoms with Crippen LogP contribution in [-0.2, 0) is 19.2 Å². The number of nitrogens with one attached hydrogen (secondary N) is 3. The minimum Gasteiger partial charge on any atom is -0.480 e. The molecule has 144 valence electrons. The fourth-order valence-corrected chi connectivity index (χ4v) is 1.97. The second-order valence-corrected chi connectivity index (χ2v) is 5.93. The molecule has 0 saturated carbocycles. The lowest BCUT2D eigenvalue weighted by atomic mass is 9.98. The maximum Gasteiger partial charge on any atom is 0.328 e. The molecular formula is C15H28N4O6. The number of aliphatic hydroxyl groups excluding tert-OH is 1. The van der Waals surface area contributed by atoms with Gasteiger partial charge in [0.25, 0.3) is 0 Å². The zero-order valence-electron chi connectivity index (χ0n) is 14.9. The van der Waals surface area contributed by atoms with Crippen molar-refractivity contribution in [3.8, 4) is 0 Å². The molecule has 0 bridgehead atoms. The molecule has 0 radical (unpaired) electrons. The molecule has 0 aromatic heterocycles. The van der Waals surface area contributed by atoms with E-state index in [0.717, 1.165) is 0 Å². The van der Waals surface area contributed by atoms with Gasteiger partial charge < -0.3 is 31.9 Å². The van der Waals surface area contributed by atoms with E-state index in [1.54, 1.807) is 6.92 Å². The molecule has 0 aromatic rings. The fourth-order valence-electron chi connectivity index (χ4n) is 1.97. The third-order valence-electron chi connectivity index (χ3n) is 3.80. The molecule has 0 saturated heterocycles. The smallest absolute Gasteiger partial charge is 0.328 e. The van der Waals surface area contributed by atoms with Crippen LogP contribution in [0.5, 0.6) is 0 Å². The number of aliphatic carboxylic acids is 1. The molecule has 0 rings (SSSR count). The molecule has 0 heterocycles. The summed E-state index contributed by atoms with van der Waals surface area (Å²) in [7, 11) is 0. The van der Waals surface area contributed by atoms with Crippen LogP contribution in [0.4, 0.5) is 0 Å². The molecule has 5 atom stereocenters. The SMILES string of the molecule is CCC(C)C(NC(=O)CN)C(=O)NC(C)C(=O)NC(C(=O)O)C(C)O. The van der Waals surface area contributed by atoms with E-state index in [4.69, 9.17) is 10.8 Å². The van der Waals surface area contributed by atoms with Crippen molar-refractivity contribution >= 4 is 23.7 Å². The fraction of sp³-hybridized carbons (Fsp3) is 0.733. The number of carbonyl (C=O) groups is 4. The summed E-state index contributed by atoms with van der Waals surface area (Å²) in [6.45, 7) is 5.93. The highest BCUT2D eigenvalue weighted by atomic mass is 16.4. The number of carboxylic acid groups (broad SMARTS) is 1. The Morgan fingerprint density at radius 1 is 0.960 bits per heavy atom. The molecule has 0 aliphatic carbocycles. The highest BCUT2D eigenvalue weighted by molar-refractivity contribution is 5.93. The van der Waals surface area contributed by atoms with Gasteiger partial charge in [-0.25, -0.2) is 4.79 Å². The largest absolute Gasteiger partial charge is 0.480 e. The van der Waals surface area contributed by atoms with Gasteiger partial charge in [-0.2, -0.15) is 0 Å². The molecule has 0 fully saturated rings. The van der Waals surface area contributed by atoms with Crippen molar-refractivity contribution in [1.82, 2.24) is 16.0 Å². The standard InChI is InChI=1S/C15H28N4O6/c1-5-7(2)11(18-10(21)6-16)14(23)17-8(3)13(22)19-12(9(4)20)15(24)25/h7-9,11-12,20H,5-6,16H2,1-4H3,(H,17,23)(H,18,21)(H,19,22)(H,24,25). The van der Waals surface area contributed by atoms with Crippen LogP contribution >= 0.6 is 0 Å². The summed E-state index contributed by atoms with van der Waals surface area (Å²) in [5.74, 6) is -3.44. The summed E-state index contributed by atoms with van der Waals surface area (Å²) < 4.78 is 0. The first-order valence-electron chi connectivity index (χ1n) is 8.06. The van der Waals surface area contributed by atoms with E-state index in [0.29, 0.717) is 6.42 Å². The van der Waals surface area contributed by atoms with Crippen molar-refractivity contribution in [3.05, 3.63) is 0 Å². The van der Waals surface area contributed by atoms with E-state index < -0.39 is 47.9 Å².